The molecule has 4 aliphatic rings. The second-order valence-corrected chi connectivity index (χ2v) is 16.3. The van der Waals surface area contributed by atoms with Gasteiger partial charge in [0, 0.05) is 13.1 Å². The van der Waals surface area contributed by atoms with Crippen molar-refractivity contribution in [3.8, 4) is 0 Å². The lowest BCUT2D eigenvalue weighted by Crippen LogP contribution is -2.60. The van der Waals surface area contributed by atoms with E-state index in [1.54, 1.807) is 25.7 Å². The van der Waals surface area contributed by atoms with E-state index in [0.717, 1.165) is 56.9 Å². The van der Waals surface area contributed by atoms with E-state index in [2.05, 4.69) is 35.1 Å². The summed E-state index contributed by atoms with van der Waals surface area (Å²) in [5.74, 6) is -2.90. The number of fused-ring (bicyclic) bond motifs is 1. The third-order valence-corrected chi connectivity index (χ3v) is 11.2. The van der Waals surface area contributed by atoms with Crippen molar-refractivity contribution in [2.45, 2.75) is 123 Å². The van der Waals surface area contributed by atoms with Gasteiger partial charge in [0.05, 0.1) is 12.6 Å². The van der Waals surface area contributed by atoms with Crippen LogP contribution in [0.3, 0.4) is 0 Å². The molecule has 3 aliphatic carbocycles. The first-order chi connectivity index (χ1) is 23.7. The Balaban J connectivity index is 1.27. The zero-order chi connectivity index (χ0) is 36.2. The van der Waals surface area contributed by atoms with Gasteiger partial charge in [0.2, 0.25) is 23.5 Å². The molecule has 1 saturated heterocycles. The zero-order valence-electron chi connectivity index (χ0n) is 30.2. The third-order valence-electron chi connectivity index (χ3n) is 11.2. The second kappa shape index (κ2) is 15.5. The van der Waals surface area contributed by atoms with Crippen molar-refractivity contribution in [2.75, 3.05) is 13.1 Å². The van der Waals surface area contributed by atoms with Gasteiger partial charge in [0.25, 0.3) is 5.91 Å². The second-order valence-electron chi connectivity index (χ2n) is 16.3. The van der Waals surface area contributed by atoms with E-state index in [0.29, 0.717) is 13.0 Å². The number of piperidine rings is 1. The Labute approximate surface area is 295 Å². The first kappa shape index (κ1) is 37.3. The summed E-state index contributed by atoms with van der Waals surface area (Å²) in [7, 11) is 0. The van der Waals surface area contributed by atoms with Crippen LogP contribution in [0.5, 0.6) is 0 Å². The fraction of sp³-hybridized carbons (Fsp3) is 0.684. The Kier molecular flexibility index (Phi) is 11.6. The Morgan fingerprint density at radius 3 is 2.20 bits per heavy atom. The largest absolute Gasteiger partial charge is 0.444 e. The summed E-state index contributed by atoms with van der Waals surface area (Å²) in [6.45, 7) is 9.73. The number of Topliss-reactive ketones (excluding diaryl/α,β-unsaturated/α-hetero) is 1. The van der Waals surface area contributed by atoms with Crippen molar-refractivity contribution in [1.29, 1.82) is 0 Å². The monoisotopic (exact) mass is 693 g/mol. The molecule has 5 atom stereocenters. The van der Waals surface area contributed by atoms with Crippen LogP contribution < -0.4 is 21.3 Å². The van der Waals surface area contributed by atoms with E-state index in [-0.39, 0.29) is 48.1 Å². The molecule has 4 N–H and O–H groups in total. The highest BCUT2D eigenvalue weighted by molar-refractivity contribution is 6.38. The summed E-state index contributed by atoms with van der Waals surface area (Å²) in [6.07, 6.45) is 6.99. The molecule has 0 bridgehead atoms. The number of nitrogens with zero attached hydrogens (tertiary/aromatic N) is 1. The third kappa shape index (κ3) is 9.03. The fourth-order valence-electron chi connectivity index (χ4n) is 8.09. The molecule has 3 saturated carbocycles. The standard InChI is InChI=1S/C38H55N5O7/c1-37(2,3)50-36(49)42-30(25-17-10-7-11-18-25)35(48)43-22-26-29(38(26,4)5)31(43)33(46)41-27(19-23-15-12-16-23)32(45)34(47)40-21-28(44)39-20-24-13-8-6-9-14-24/h6,8-9,13-14,23,25-27,29-31H,7,10-12,15-22H2,1-5H3,(H,39,44)(H,40,47)(H,41,46)(H,42,49)/t26?,27?,29?,30-,31?/m0/s1. The van der Waals surface area contributed by atoms with Crippen molar-refractivity contribution in [1.82, 2.24) is 26.2 Å². The van der Waals surface area contributed by atoms with Crippen molar-refractivity contribution in [2.24, 2.45) is 29.1 Å². The van der Waals surface area contributed by atoms with E-state index in [9.17, 15) is 28.8 Å². The van der Waals surface area contributed by atoms with Gasteiger partial charge in [-0.05, 0) is 74.7 Å². The molecule has 0 aromatic heterocycles. The summed E-state index contributed by atoms with van der Waals surface area (Å²) in [6, 6.07) is 6.55. The summed E-state index contributed by atoms with van der Waals surface area (Å²) < 4.78 is 5.53. The van der Waals surface area contributed by atoms with Gasteiger partial charge in [-0.3, -0.25) is 24.0 Å². The van der Waals surface area contributed by atoms with Gasteiger partial charge in [0.15, 0.2) is 0 Å². The van der Waals surface area contributed by atoms with Crippen LogP contribution in [-0.2, 0) is 35.3 Å². The topological polar surface area (TPSA) is 163 Å². The Hall–Kier alpha value is -3.96. The molecule has 4 fully saturated rings. The molecule has 5 rings (SSSR count). The SMILES string of the molecule is CC(C)(C)OC(=O)N[C@H](C(=O)N1CC2C(C1C(=O)NC(CC1CCC1)C(=O)C(=O)NCC(=O)NCc1ccccc1)C2(C)C)C1CCCCC1. The number of amides is 5. The maximum Gasteiger partial charge on any atom is 0.408 e. The Morgan fingerprint density at radius 2 is 1.58 bits per heavy atom. The summed E-state index contributed by atoms with van der Waals surface area (Å²) >= 11 is 0. The van der Waals surface area contributed by atoms with Crippen LogP contribution in [0.25, 0.3) is 0 Å². The van der Waals surface area contributed by atoms with E-state index in [4.69, 9.17) is 4.74 Å². The van der Waals surface area contributed by atoms with Crippen LogP contribution in [0.2, 0.25) is 0 Å². The molecule has 12 heteroatoms. The number of ketones is 1. The number of ether oxygens (including phenoxy) is 1. The lowest BCUT2D eigenvalue weighted by molar-refractivity contribution is -0.145. The van der Waals surface area contributed by atoms with Gasteiger partial charge in [-0.1, -0.05) is 82.7 Å². The molecular formula is C38H55N5O7. The summed E-state index contributed by atoms with van der Waals surface area (Å²) in [5.41, 5.74) is -0.0280. The Morgan fingerprint density at radius 1 is 0.900 bits per heavy atom. The van der Waals surface area contributed by atoms with Gasteiger partial charge in [-0.15, -0.1) is 0 Å². The molecule has 4 unspecified atom stereocenters. The molecule has 0 spiro atoms. The van der Waals surface area contributed by atoms with Crippen molar-refractivity contribution >= 4 is 35.5 Å². The first-order valence-corrected chi connectivity index (χ1v) is 18.4. The van der Waals surface area contributed by atoms with Crippen molar-refractivity contribution in [3.05, 3.63) is 35.9 Å². The molecular weight excluding hydrogens is 638 g/mol. The minimum absolute atomic E-state index is 0.0843. The number of nitrogens with one attached hydrogen (secondary N) is 4. The van der Waals surface area contributed by atoms with Gasteiger partial charge >= 0.3 is 6.09 Å². The molecule has 1 aliphatic heterocycles. The molecule has 274 valence electrons. The molecule has 1 heterocycles. The minimum atomic E-state index is -1.09. The predicted molar refractivity (Wildman–Crippen MR) is 186 cm³/mol. The smallest absolute Gasteiger partial charge is 0.408 e. The van der Waals surface area contributed by atoms with E-state index in [1.807, 2.05) is 30.3 Å². The molecule has 5 amide bonds. The molecule has 1 aromatic carbocycles. The number of hydrogen-bond donors (Lipinski definition) is 4. The quantitative estimate of drug-likeness (QED) is 0.230. The Bertz CT molecular complexity index is 1430. The normalized spacial score (nSPS) is 24.1. The van der Waals surface area contributed by atoms with Crippen LogP contribution in [0.4, 0.5) is 4.79 Å². The highest BCUT2D eigenvalue weighted by atomic mass is 16.6. The van der Waals surface area contributed by atoms with Crippen LogP contribution in [0.1, 0.15) is 98.0 Å². The lowest BCUT2D eigenvalue weighted by Gasteiger charge is -2.37. The average molecular weight is 694 g/mol. The van der Waals surface area contributed by atoms with Crippen LogP contribution in [0, 0.1) is 29.1 Å². The summed E-state index contributed by atoms with van der Waals surface area (Å²) in [4.78, 5) is 82.2. The molecule has 50 heavy (non-hydrogen) atoms. The number of hydrogen-bond acceptors (Lipinski definition) is 7. The maximum absolute atomic E-state index is 14.4. The van der Waals surface area contributed by atoms with Crippen molar-refractivity contribution in [3.63, 3.8) is 0 Å². The lowest BCUT2D eigenvalue weighted by atomic mass is 9.80. The zero-order valence-corrected chi connectivity index (χ0v) is 30.2. The maximum atomic E-state index is 14.4. The van der Waals surface area contributed by atoms with E-state index in [1.165, 1.54) is 0 Å². The number of carbonyl (C=O) groups is 6. The number of likely N-dealkylation sites (tertiary alicyclic amines) is 1. The van der Waals surface area contributed by atoms with Gasteiger partial charge < -0.3 is 30.9 Å². The van der Waals surface area contributed by atoms with Crippen LogP contribution in [0.15, 0.2) is 30.3 Å². The van der Waals surface area contributed by atoms with Gasteiger partial charge in [0.1, 0.15) is 17.7 Å². The number of rotatable bonds is 13. The fourth-order valence-corrected chi connectivity index (χ4v) is 8.09. The molecule has 1 aromatic rings. The summed E-state index contributed by atoms with van der Waals surface area (Å²) in [5, 5.41) is 10.9. The van der Waals surface area contributed by atoms with E-state index < -0.39 is 53.3 Å². The van der Waals surface area contributed by atoms with E-state index >= 15 is 0 Å². The number of benzene rings is 1. The van der Waals surface area contributed by atoms with Crippen LogP contribution in [-0.4, -0.2) is 77.2 Å². The minimum Gasteiger partial charge on any atom is -0.444 e. The van der Waals surface area contributed by atoms with Crippen LogP contribution >= 0.6 is 0 Å². The number of carbonyl (C=O) groups excluding carboxylic acids is 6. The highest BCUT2D eigenvalue weighted by Gasteiger charge is 2.69. The van der Waals surface area contributed by atoms with Gasteiger partial charge in [-0.2, -0.15) is 0 Å². The predicted octanol–water partition coefficient (Wildman–Crippen LogP) is 3.62. The van der Waals surface area contributed by atoms with Crippen molar-refractivity contribution < 1.29 is 33.5 Å². The molecule has 0 radical (unpaired) electrons. The highest BCUT2D eigenvalue weighted by Crippen LogP contribution is 2.65. The average Bonchev–Trinajstić information content (AvgIpc) is 3.36. The van der Waals surface area contributed by atoms with Gasteiger partial charge in [-0.25, -0.2) is 4.79 Å². The number of alkyl carbamates (subject to hydrolysis) is 1. The molecule has 12 nitrogen and oxygen atoms in total. The first-order valence-electron chi connectivity index (χ1n) is 18.4.